The first-order valence-corrected chi connectivity index (χ1v) is 9.76. The van der Waals surface area contributed by atoms with Crippen LogP contribution >= 0.6 is 11.8 Å². The summed E-state index contributed by atoms with van der Waals surface area (Å²) in [6, 6.07) is 14.8. The molecule has 0 spiro atoms. The summed E-state index contributed by atoms with van der Waals surface area (Å²) in [5.74, 6) is -1.23. The third kappa shape index (κ3) is 4.91. The number of phenolic OH excluding ortho intramolecular Hbond substituents is 1. The summed E-state index contributed by atoms with van der Waals surface area (Å²) in [4.78, 5) is 23.3. The average Bonchev–Trinajstić information content (AvgIpc) is 2.72. The van der Waals surface area contributed by atoms with Crippen molar-refractivity contribution < 1.29 is 24.5 Å². The van der Waals surface area contributed by atoms with Gasteiger partial charge in [-0.2, -0.15) is 5.11 Å². The maximum atomic E-state index is 11.7. The summed E-state index contributed by atoms with van der Waals surface area (Å²) in [6.45, 7) is 2.03. The number of carboxylic acids is 1. The van der Waals surface area contributed by atoms with Crippen LogP contribution in [-0.4, -0.2) is 34.5 Å². The summed E-state index contributed by atoms with van der Waals surface area (Å²) in [7, 11) is 0. The monoisotopic (exact) mass is 410 g/mol. The van der Waals surface area contributed by atoms with Crippen molar-refractivity contribution in [1.82, 2.24) is 0 Å². The fourth-order valence-electron chi connectivity index (χ4n) is 2.65. The Kier molecular flexibility index (Phi) is 6.46. The number of carboxylic acid groups (broad SMARTS) is 1. The molecule has 0 aliphatic carbocycles. The number of carbonyl (C=O) groups is 2. The van der Waals surface area contributed by atoms with Gasteiger partial charge in [-0.05, 0) is 37.3 Å². The van der Waals surface area contributed by atoms with Crippen molar-refractivity contribution in [3.05, 3.63) is 60.2 Å². The van der Waals surface area contributed by atoms with E-state index in [1.807, 2.05) is 12.1 Å². The van der Waals surface area contributed by atoms with E-state index in [9.17, 15) is 14.7 Å². The largest absolute Gasteiger partial charge is 0.507 e. The number of aromatic hydroxyl groups is 1. The Hall–Kier alpha value is -3.39. The molecule has 148 valence electrons. The number of aromatic carboxylic acids is 1. The SMILES string of the molecule is CCOC(=O)CSc1cc(O)c2ccccc2c1N=Nc1ccc(C(=O)O)cc1. The Morgan fingerprint density at radius 1 is 1.03 bits per heavy atom. The maximum absolute atomic E-state index is 11.7. The number of hydrogen-bond acceptors (Lipinski definition) is 7. The Labute approximate surface area is 171 Å². The van der Waals surface area contributed by atoms with Crippen LogP contribution in [0, 0.1) is 0 Å². The highest BCUT2D eigenvalue weighted by molar-refractivity contribution is 8.00. The van der Waals surface area contributed by atoms with Crippen LogP contribution in [0.5, 0.6) is 5.75 Å². The van der Waals surface area contributed by atoms with Gasteiger partial charge in [-0.3, -0.25) is 4.79 Å². The Balaban J connectivity index is 1.99. The summed E-state index contributed by atoms with van der Waals surface area (Å²) >= 11 is 1.20. The molecule has 7 nitrogen and oxygen atoms in total. The molecule has 0 fully saturated rings. The minimum absolute atomic E-state index is 0.0709. The van der Waals surface area contributed by atoms with E-state index in [2.05, 4.69) is 10.2 Å². The highest BCUT2D eigenvalue weighted by atomic mass is 32.2. The van der Waals surface area contributed by atoms with E-state index >= 15 is 0 Å². The van der Waals surface area contributed by atoms with Gasteiger partial charge in [0.1, 0.15) is 11.4 Å². The van der Waals surface area contributed by atoms with E-state index in [1.54, 1.807) is 37.3 Å². The zero-order valence-electron chi connectivity index (χ0n) is 15.5. The quantitative estimate of drug-likeness (QED) is 0.310. The number of azo groups is 1. The van der Waals surface area contributed by atoms with Crippen molar-refractivity contribution in [2.24, 2.45) is 10.2 Å². The fraction of sp³-hybridized carbons (Fsp3) is 0.143. The lowest BCUT2D eigenvalue weighted by molar-refractivity contribution is -0.139. The van der Waals surface area contributed by atoms with Crippen LogP contribution in [-0.2, 0) is 9.53 Å². The van der Waals surface area contributed by atoms with Crippen molar-refractivity contribution >= 4 is 45.8 Å². The lowest BCUT2D eigenvalue weighted by Gasteiger charge is -2.10. The molecule has 2 N–H and O–H groups in total. The number of carbonyl (C=O) groups excluding carboxylic acids is 1. The molecule has 0 saturated carbocycles. The number of esters is 1. The number of hydrogen-bond donors (Lipinski definition) is 2. The predicted octanol–water partition coefficient (Wildman–Crippen LogP) is 5.31. The van der Waals surface area contributed by atoms with E-state index in [0.717, 1.165) is 0 Å². The Morgan fingerprint density at radius 3 is 2.38 bits per heavy atom. The molecule has 8 heteroatoms. The topological polar surface area (TPSA) is 109 Å². The number of benzene rings is 3. The first-order chi connectivity index (χ1) is 14.0. The van der Waals surface area contributed by atoms with Gasteiger partial charge in [-0.1, -0.05) is 24.3 Å². The van der Waals surface area contributed by atoms with Crippen LogP contribution in [0.2, 0.25) is 0 Å². The number of nitrogens with zero attached hydrogens (tertiary/aromatic N) is 2. The second-order valence-electron chi connectivity index (χ2n) is 5.93. The van der Waals surface area contributed by atoms with Crippen molar-refractivity contribution in [3.8, 4) is 5.75 Å². The molecule has 0 aliphatic heterocycles. The molecule has 0 radical (unpaired) electrons. The van der Waals surface area contributed by atoms with Crippen molar-refractivity contribution in [2.45, 2.75) is 11.8 Å². The molecule has 3 aromatic rings. The van der Waals surface area contributed by atoms with Gasteiger partial charge in [0.15, 0.2) is 0 Å². The number of ether oxygens (including phenoxy) is 1. The molecule has 29 heavy (non-hydrogen) atoms. The molecule has 0 bridgehead atoms. The minimum Gasteiger partial charge on any atom is -0.507 e. The van der Waals surface area contributed by atoms with E-state index in [4.69, 9.17) is 9.84 Å². The molecule has 0 unspecified atom stereocenters. The average molecular weight is 410 g/mol. The molecule has 0 aliphatic rings. The van der Waals surface area contributed by atoms with Gasteiger partial charge >= 0.3 is 11.9 Å². The molecule has 3 rings (SSSR count). The number of thioether (sulfide) groups is 1. The third-order valence-corrected chi connectivity index (χ3v) is 4.99. The van der Waals surface area contributed by atoms with Gasteiger partial charge in [0.25, 0.3) is 0 Å². The van der Waals surface area contributed by atoms with Crippen LogP contribution in [0.3, 0.4) is 0 Å². The van der Waals surface area contributed by atoms with Gasteiger partial charge in [-0.15, -0.1) is 16.9 Å². The molecular formula is C21H18N2O5S. The van der Waals surface area contributed by atoms with Crippen LogP contribution in [0.25, 0.3) is 10.8 Å². The highest BCUT2D eigenvalue weighted by Gasteiger charge is 2.14. The lowest BCUT2D eigenvalue weighted by Crippen LogP contribution is -2.06. The fourth-order valence-corrected chi connectivity index (χ4v) is 3.49. The van der Waals surface area contributed by atoms with Crippen molar-refractivity contribution in [3.63, 3.8) is 0 Å². The summed E-state index contributed by atoms with van der Waals surface area (Å²) in [6.07, 6.45) is 0. The Bertz CT molecular complexity index is 1080. The number of phenols is 1. The Morgan fingerprint density at radius 2 is 1.72 bits per heavy atom. The number of rotatable bonds is 7. The normalized spacial score (nSPS) is 11.1. The maximum Gasteiger partial charge on any atom is 0.335 e. The lowest BCUT2D eigenvalue weighted by atomic mass is 10.1. The minimum atomic E-state index is -1.02. The molecule has 0 heterocycles. The van der Waals surface area contributed by atoms with Crippen LogP contribution in [0.1, 0.15) is 17.3 Å². The van der Waals surface area contributed by atoms with Gasteiger partial charge in [0.05, 0.1) is 23.6 Å². The molecule has 0 atom stereocenters. The zero-order valence-corrected chi connectivity index (χ0v) is 16.3. The van der Waals surface area contributed by atoms with Crippen LogP contribution in [0.4, 0.5) is 11.4 Å². The van der Waals surface area contributed by atoms with E-state index in [1.165, 1.54) is 23.9 Å². The van der Waals surface area contributed by atoms with E-state index in [0.29, 0.717) is 33.6 Å². The number of fused-ring (bicyclic) bond motifs is 1. The van der Waals surface area contributed by atoms with Gasteiger partial charge in [-0.25, -0.2) is 4.79 Å². The highest BCUT2D eigenvalue weighted by Crippen LogP contribution is 2.42. The molecule has 0 amide bonds. The zero-order chi connectivity index (χ0) is 20.8. The van der Waals surface area contributed by atoms with Gasteiger partial charge in [0.2, 0.25) is 0 Å². The van der Waals surface area contributed by atoms with Crippen LogP contribution < -0.4 is 0 Å². The first kappa shape index (κ1) is 20.3. The summed E-state index contributed by atoms with van der Waals surface area (Å²) in [5.41, 5.74) is 1.15. The summed E-state index contributed by atoms with van der Waals surface area (Å²) in [5, 5.41) is 29.2. The van der Waals surface area contributed by atoms with Crippen molar-refractivity contribution in [2.75, 3.05) is 12.4 Å². The standard InChI is InChI=1S/C21H18N2O5S/c1-2-28-19(25)12-29-18-11-17(24)15-5-3-4-6-16(15)20(18)23-22-14-9-7-13(8-10-14)21(26)27/h3-11,24H,2,12H2,1H3,(H,26,27). The van der Waals surface area contributed by atoms with Crippen LogP contribution in [0.15, 0.2) is 69.7 Å². The smallest absolute Gasteiger partial charge is 0.335 e. The molecular weight excluding hydrogens is 392 g/mol. The second-order valence-corrected chi connectivity index (χ2v) is 6.95. The van der Waals surface area contributed by atoms with E-state index in [-0.39, 0.29) is 23.0 Å². The first-order valence-electron chi connectivity index (χ1n) is 8.78. The molecule has 0 saturated heterocycles. The second kappa shape index (κ2) is 9.20. The van der Waals surface area contributed by atoms with Crippen molar-refractivity contribution in [1.29, 1.82) is 0 Å². The molecule has 0 aromatic heterocycles. The van der Waals surface area contributed by atoms with Gasteiger partial charge in [0, 0.05) is 15.7 Å². The predicted molar refractivity (Wildman–Crippen MR) is 111 cm³/mol. The third-order valence-electron chi connectivity index (χ3n) is 3.99. The summed E-state index contributed by atoms with van der Waals surface area (Å²) < 4.78 is 4.96. The molecule has 3 aromatic carbocycles. The van der Waals surface area contributed by atoms with Gasteiger partial charge < -0.3 is 14.9 Å². The van der Waals surface area contributed by atoms with E-state index < -0.39 is 5.97 Å².